The first-order valence-corrected chi connectivity index (χ1v) is 11.5. The monoisotopic (exact) mass is 473 g/mol. The lowest BCUT2D eigenvalue weighted by Crippen LogP contribution is -2.22. The van der Waals surface area contributed by atoms with Gasteiger partial charge in [-0.3, -0.25) is 10.1 Å². The normalized spacial score (nSPS) is 12.6. The zero-order valence-electron chi connectivity index (χ0n) is 19.9. The summed E-state index contributed by atoms with van der Waals surface area (Å²) in [5, 5.41) is 15.2. The molecule has 0 fully saturated rings. The van der Waals surface area contributed by atoms with Crippen LogP contribution in [0.25, 0.3) is 0 Å². The van der Waals surface area contributed by atoms with Crippen LogP contribution in [0.2, 0.25) is 0 Å². The van der Waals surface area contributed by atoms with Crippen LogP contribution in [0.4, 0.5) is 21.9 Å². The van der Waals surface area contributed by atoms with Gasteiger partial charge < -0.3 is 20.9 Å². The number of rotatable bonds is 9. The van der Waals surface area contributed by atoms with Crippen molar-refractivity contribution in [2.45, 2.75) is 32.8 Å². The average molecular weight is 474 g/mol. The highest BCUT2D eigenvalue weighted by Crippen LogP contribution is 2.31. The van der Waals surface area contributed by atoms with Gasteiger partial charge in [0.25, 0.3) is 0 Å². The molecular formula is C28H31N3O4. The van der Waals surface area contributed by atoms with Crippen molar-refractivity contribution in [2.24, 2.45) is 5.92 Å². The highest BCUT2D eigenvalue weighted by molar-refractivity contribution is 6.01. The maximum Gasteiger partial charge on any atom is 0.412 e. The number of allylic oxidation sites excluding steroid dienone is 1. The zero-order chi connectivity index (χ0) is 25.2. The number of hydrogen-bond acceptors (Lipinski definition) is 5. The van der Waals surface area contributed by atoms with Crippen molar-refractivity contribution in [1.82, 2.24) is 0 Å². The van der Waals surface area contributed by atoms with Crippen molar-refractivity contribution in [1.29, 1.82) is 0 Å². The Balaban J connectivity index is 1.60. The standard InChI is InChI=1S/C28H31N3O4/c1-19-11-15-22(16-12-19)30-28(34)35-27(21-13-17-23(32)18-14-21)20(2)7-3-6-10-26(33)31-25-9-5-4-8-24(25)29/h4-6,8-18,20,27,32H,3,7,29H2,1-2H3,(H,30,34)(H,31,33)/b10-6+/t20-,27+/m0/s1. The van der Waals surface area contributed by atoms with Crippen molar-refractivity contribution in [3.63, 3.8) is 0 Å². The van der Waals surface area contributed by atoms with Gasteiger partial charge in [0.05, 0.1) is 11.4 Å². The van der Waals surface area contributed by atoms with Gasteiger partial charge in [-0.1, -0.05) is 55.0 Å². The Morgan fingerprint density at radius 3 is 2.37 bits per heavy atom. The molecule has 0 unspecified atom stereocenters. The van der Waals surface area contributed by atoms with Gasteiger partial charge in [0.1, 0.15) is 11.9 Å². The molecule has 3 rings (SSSR count). The van der Waals surface area contributed by atoms with Crippen molar-refractivity contribution < 1.29 is 19.4 Å². The third-order valence-electron chi connectivity index (χ3n) is 5.55. The van der Waals surface area contributed by atoms with Gasteiger partial charge in [-0.2, -0.15) is 0 Å². The lowest BCUT2D eigenvalue weighted by molar-refractivity contribution is -0.111. The molecule has 3 aromatic carbocycles. The number of anilines is 3. The number of para-hydroxylation sites is 2. The second kappa shape index (κ2) is 12.3. The lowest BCUT2D eigenvalue weighted by Gasteiger charge is -2.24. The molecule has 0 saturated heterocycles. The van der Waals surface area contributed by atoms with Gasteiger partial charge in [0.2, 0.25) is 5.91 Å². The number of hydrogen-bond donors (Lipinski definition) is 4. The van der Waals surface area contributed by atoms with E-state index in [1.165, 1.54) is 6.08 Å². The quantitative estimate of drug-likeness (QED) is 0.219. The molecule has 0 radical (unpaired) electrons. The minimum atomic E-state index is -0.561. The van der Waals surface area contributed by atoms with E-state index >= 15 is 0 Å². The third kappa shape index (κ3) is 7.92. The Bertz CT molecular complexity index is 1160. The van der Waals surface area contributed by atoms with Crippen LogP contribution in [0, 0.1) is 12.8 Å². The number of phenols is 1. The molecule has 35 heavy (non-hydrogen) atoms. The molecule has 0 aromatic heterocycles. The number of benzene rings is 3. The van der Waals surface area contributed by atoms with Crippen molar-refractivity contribution in [2.75, 3.05) is 16.4 Å². The largest absolute Gasteiger partial charge is 0.508 e. The molecule has 5 N–H and O–H groups in total. The smallest absolute Gasteiger partial charge is 0.412 e. The van der Waals surface area contributed by atoms with E-state index in [1.54, 1.807) is 54.6 Å². The summed E-state index contributed by atoms with van der Waals surface area (Å²) >= 11 is 0. The summed E-state index contributed by atoms with van der Waals surface area (Å²) in [5.41, 5.74) is 9.43. The summed E-state index contributed by atoms with van der Waals surface area (Å²) in [4.78, 5) is 24.8. The fraction of sp³-hybridized carbons (Fsp3) is 0.214. The minimum Gasteiger partial charge on any atom is -0.508 e. The van der Waals surface area contributed by atoms with Gasteiger partial charge in [0.15, 0.2) is 0 Å². The van der Waals surface area contributed by atoms with E-state index in [-0.39, 0.29) is 17.6 Å². The number of aromatic hydroxyl groups is 1. The number of nitrogens with two attached hydrogens (primary N) is 1. The van der Waals surface area contributed by atoms with E-state index in [9.17, 15) is 14.7 Å². The van der Waals surface area contributed by atoms with Crippen LogP contribution in [0.3, 0.4) is 0 Å². The number of phenolic OH excluding ortho intramolecular Hbond substituents is 1. The first kappa shape index (κ1) is 25.4. The fourth-order valence-electron chi connectivity index (χ4n) is 3.56. The van der Waals surface area contributed by atoms with Gasteiger partial charge in [-0.15, -0.1) is 0 Å². The van der Waals surface area contributed by atoms with E-state index in [0.29, 0.717) is 29.9 Å². The number of carbonyl (C=O) groups excluding carboxylic acids is 2. The lowest BCUT2D eigenvalue weighted by atomic mass is 9.93. The number of amides is 2. The predicted molar refractivity (Wildman–Crippen MR) is 139 cm³/mol. The molecule has 0 aliphatic rings. The molecule has 0 spiro atoms. The molecule has 0 heterocycles. The molecule has 2 amide bonds. The van der Waals surface area contributed by atoms with E-state index in [2.05, 4.69) is 10.6 Å². The first-order chi connectivity index (χ1) is 16.8. The van der Waals surface area contributed by atoms with Crippen LogP contribution in [0.5, 0.6) is 5.75 Å². The SMILES string of the molecule is Cc1ccc(NC(=O)O[C@@H](c2ccc(O)cc2)[C@@H](C)CC/C=C/C(=O)Nc2ccccc2N)cc1. The topological polar surface area (TPSA) is 114 Å². The van der Waals surface area contributed by atoms with Crippen LogP contribution in [0.15, 0.2) is 84.9 Å². The summed E-state index contributed by atoms with van der Waals surface area (Å²) < 4.78 is 5.79. The summed E-state index contributed by atoms with van der Waals surface area (Å²) in [6.45, 7) is 3.95. The molecule has 2 atom stereocenters. The Kier molecular flexibility index (Phi) is 8.89. The summed E-state index contributed by atoms with van der Waals surface area (Å²) in [6.07, 6.45) is 3.43. The zero-order valence-corrected chi connectivity index (χ0v) is 19.9. The summed E-state index contributed by atoms with van der Waals surface area (Å²) in [6, 6.07) is 21.1. The van der Waals surface area contributed by atoms with Crippen molar-refractivity contribution in [3.8, 4) is 5.75 Å². The summed E-state index contributed by atoms with van der Waals surface area (Å²) in [7, 11) is 0. The Labute approximate surface area is 205 Å². The molecule has 0 aliphatic carbocycles. The van der Waals surface area contributed by atoms with E-state index < -0.39 is 12.2 Å². The van der Waals surface area contributed by atoms with Crippen LogP contribution < -0.4 is 16.4 Å². The van der Waals surface area contributed by atoms with Gasteiger partial charge in [0, 0.05) is 5.69 Å². The Morgan fingerprint density at radius 1 is 1.00 bits per heavy atom. The second-order valence-corrected chi connectivity index (χ2v) is 8.44. The minimum absolute atomic E-state index is 0.0548. The first-order valence-electron chi connectivity index (χ1n) is 11.5. The van der Waals surface area contributed by atoms with Crippen molar-refractivity contribution in [3.05, 3.63) is 96.1 Å². The maximum atomic E-state index is 12.6. The average Bonchev–Trinajstić information content (AvgIpc) is 2.84. The van der Waals surface area contributed by atoms with Crippen LogP contribution in [0.1, 0.15) is 37.0 Å². The van der Waals surface area contributed by atoms with Crippen molar-refractivity contribution >= 4 is 29.1 Å². The Morgan fingerprint density at radius 2 is 1.69 bits per heavy atom. The highest BCUT2D eigenvalue weighted by Gasteiger charge is 2.23. The molecular weight excluding hydrogens is 442 g/mol. The number of ether oxygens (including phenoxy) is 1. The van der Waals surface area contributed by atoms with E-state index in [0.717, 1.165) is 11.1 Å². The predicted octanol–water partition coefficient (Wildman–Crippen LogP) is 6.18. The second-order valence-electron chi connectivity index (χ2n) is 8.44. The van der Waals surface area contributed by atoms with Gasteiger partial charge in [-0.05, 0) is 73.7 Å². The van der Waals surface area contributed by atoms with Crippen LogP contribution in [-0.2, 0) is 9.53 Å². The number of aryl methyl sites for hydroxylation is 1. The van der Waals surface area contributed by atoms with Crippen LogP contribution in [-0.4, -0.2) is 17.1 Å². The fourth-order valence-corrected chi connectivity index (χ4v) is 3.56. The van der Waals surface area contributed by atoms with E-state index in [4.69, 9.17) is 10.5 Å². The van der Waals surface area contributed by atoms with Gasteiger partial charge >= 0.3 is 6.09 Å². The molecule has 0 aliphatic heterocycles. The molecule has 182 valence electrons. The highest BCUT2D eigenvalue weighted by atomic mass is 16.6. The number of carbonyl (C=O) groups is 2. The Hall–Kier alpha value is -4.26. The summed E-state index contributed by atoms with van der Waals surface area (Å²) in [5.74, 6) is -0.183. The molecule has 7 heteroatoms. The van der Waals surface area contributed by atoms with E-state index in [1.807, 2.05) is 38.1 Å². The molecule has 7 nitrogen and oxygen atoms in total. The number of nitrogens with one attached hydrogen (secondary N) is 2. The number of nitrogen functional groups attached to an aromatic ring is 1. The maximum absolute atomic E-state index is 12.6. The third-order valence-corrected chi connectivity index (χ3v) is 5.55. The molecule has 0 saturated carbocycles. The van der Waals surface area contributed by atoms with Crippen LogP contribution >= 0.6 is 0 Å². The van der Waals surface area contributed by atoms with Gasteiger partial charge in [-0.25, -0.2) is 4.79 Å². The molecule has 0 bridgehead atoms. The molecule has 3 aromatic rings.